The summed E-state index contributed by atoms with van der Waals surface area (Å²) >= 11 is 5.99. The van der Waals surface area contributed by atoms with E-state index in [1.807, 2.05) is 6.07 Å². The molecule has 2 aromatic heterocycles. The van der Waals surface area contributed by atoms with Crippen molar-refractivity contribution in [1.29, 1.82) is 0 Å². The predicted molar refractivity (Wildman–Crippen MR) is 115 cm³/mol. The van der Waals surface area contributed by atoms with Crippen LogP contribution >= 0.6 is 11.6 Å². The van der Waals surface area contributed by atoms with Crippen LogP contribution in [-0.2, 0) is 18.4 Å². The zero-order valence-corrected chi connectivity index (χ0v) is 18.3. The van der Waals surface area contributed by atoms with Crippen molar-refractivity contribution in [3.63, 3.8) is 0 Å². The first kappa shape index (κ1) is 22.6. The van der Waals surface area contributed by atoms with Gasteiger partial charge in [0.2, 0.25) is 5.43 Å². The Labute approximate surface area is 187 Å². The minimum atomic E-state index is -4.95. The van der Waals surface area contributed by atoms with Crippen molar-refractivity contribution in [1.82, 2.24) is 9.55 Å². The van der Waals surface area contributed by atoms with E-state index in [1.54, 1.807) is 26.0 Å². The number of rotatable bonds is 5. The second kappa shape index (κ2) is 7.78. The van der Waals surface area contributed by atoms with Gasteiger partial charge in [-0.2, -0.15) is 13.2 Å². The number of fused-ring (bicyclic) bond motifs is 2. The van der Waals surface area contributed by atoms with Gasteiger partial charge >= 0.3 is 6.18 Å². The van der Waals surface area contributed by atoms with Gasteiger partial charge in [-0.05, 0) is 23.5 Å². The number of benzene rings is 1. The maximum atomic E-state index is 14.3. The number of nitrogens with zero attached hydrogens (tertiary/aromatic N) is 2. The van der Waals surface area contributed by atoms with Crippen LogP contribution in [0.2, 0.25) is 5.02 Å². The van der Waals surface area contributed by atoms with E-state index < -0.39 is 35.6 Å². The van der Waals surface area contributed by atoms with Crippen molar-refractivity contribution in [2.75, 3.05) is 6.61 Å². The monoisotopic (exact) mass is 466 g/mol. The van der Waals surface area contributed by atoms with Crippen LogP contribution in [0.1, 0.15) is 31.4 Å². The Balaban J connectivity index is 1.78. The zero-order valence-electron chi connectivity index (χ0n) is 17.5. The normalized spacial score (nSPS) is 16.0. The molecule has 0 amide bonds. The first-order chi connectivity index (χ1) is 14.9. The maximum absolute atomic E-state index is 14.3. The summed E-state index contributed by atoms with van der Waals surface area (Å²) in [5.41, 5.74) is -2.94. The van der Waals surface area contributed by atoms with E-state index in [0.717, 1.165) is 16.3 Å². The topological polar surface area (TPSA) is 64.4 Å². The van der Waals surface area contributed by atoms with Gasteiger partial charge < -0.3 is 14.4 Å². The summed E-state index contributed by atoms with van der Waals surface area (Å²) in [7, 11) is 0. The Bertz CT molecular complexity index is 1240. The van der Waals surface area contributed by atoms with Crippen LogP contribution in [0, 0.1) is 0 Å². The molecule has 3 aromatic rings. The van der Waals surface area contributed by atoms with Gasteiger partial charge in [-0.1, -0.05) is 43.6 Å². The van der Waals surface area contributed by atoms with Crippen molar-refractivity contribution in [3.05, 3.63) is 69.2 Å². The maximum Gasteiger partial charge on any atom is 0.418 e. The molecule has 0 spiro atoms. The van der Waals surface area contributed by atoms with Crippen LogP contribution in [0.25, 0.3) is 10.9 Å². The van der Waals surface area contributed by atoms with Gasteiger partial charge in [0.1, 0.15) is 10.8 Å². The minimum Gasteiger partial charge on any atom is -0.493 e. The largest absolute Gasteiger partial charge is 0.493 e. The minimum absolute atomic E-state index is 0.0815. The van der Waals surface area contributed by atoms with E-state index in [1.165, 1.54) is 18.5 Å². The summed E-state index contributed by atoms with van der Waals surface area (Å²) in [6, 6.07) is 6.84. The van der Waals surface area contributed by atoms with E-state index in [-0.39, 0.29) is 15.9 Å². The fourth-order valence-electron chi connectivity index (χ4n) is 4.44. The highest BCUT2D eigenvalue weighted by molar-refractivity contribution is 6.31. The number of aliphatic hydroxyl groups is 1. The molecule has 32 heavy (non-hydrogen) atoms. The Morgan fingerprint density at radius 2 is 2.00 bits per heavy atom. The number of halogens is 4. The molecule has 1 N–H and O–H groups in total. The van der Waals surface area contributed by atoms with E-state index in [0.29, 0.717) is 24.3 Å². The molecule has 0 saturated heterocycles. The molecule has 3 heterocycles. The molecule has 1 aliphatic rings. The molecule has 5 nitrogen and oxygen atoms in total. The van der Waals surface area contributed by atoms with Gasteiger partial charge in [0.25, 0.3) is 0 Å². The lowest BCUT2D eigenvalue weighted by Gasteiger charge is -2.39. The second-order valence-electron chi connectivity index (χ2n) is 8.81. The summed E-state index contributed by atoms with van der Waals surface area (Å²) in [6.45, 7) is 2.95. The molecule has 0 fully saturated rings. The van der Waals surface area contributed by atoms with Gasteiger partial charge in [-0.3, -0.25) is 9.78 Å². The molecule has 170 valence electrons. The molecule has 9 heteroatoms. The molecule has 1 unspecified atom stereocenters. The standard InChI is InChI=1S/C23H22ClF3N2O3/c1-21(2,16-5-3-4-14-7-9-32-20(14)16)12-22(31,23(25,26)27)13-29-11-17(24)19(30)15-10-28-8-6-18(15)29/h3-6,8,10-11,31H,7,9,12-13H2,1-2H3. The van der Waals surface area contributed by atoms with E-state index in [4.69, 9.17) is 16.3 Å². The van der Waals surface area contributed by atoms with Gasteiger partial charge in [0, 0.05) is 30.6 Å². The highest BCUT2D eigenvalue weighted by Gasteiger charge is 2.56. The van der Waals surface area contributed by atoms with Crippen LogP contribution in [0.5, 0.6) is 5.75 Å². The number of para-hydroxylation sites is 1. The Hall–Kier alpha value is -2.58. The first-order valence-corrected chi connectivity index (χ1v) is 10.5. The molecule has 0 bridgehead atoms. The van der Waals surface area contributed by atoms with Crippen LogP contribution in [0.15, 0.2) is 47.7 Å². The molecular weight excluding hydrogens is 445 g/mol. The van der Waals surface area contributed by atoms with Crippen LogP contribution in [-0.4, -0.2) is 33.0 Å². The smallest absolute Gasteiger partial charge is 0.418 e. The summed E-state index contributed by atoms with van der Waals surface area (Å²) in [5, 5.41) is 10.9. The molecule has 0 saturated carbocycles. The Morgan fingerprint density at radius 3 is 2.72 bits per heavy atom. The lowest BCUT2D eigenvalue weighted by molar-refractivity contribution is -0.271. The van der Waals surface area contributed by atoms with Gasteiger partial charge in [-0.15, -0.1) is 0 Å². The van der Waals surface area contributed by atoms with Crippen LogP contribution in [0.4, 0.5) is 13.2 Å². The third-order valence-electron chi connectivity index (χ3n) is 5.98. The quantitative estimate of drug-likeness (QED) is 0.594. The molecule has 4 rings (SSSR count). The Morgan fingerprint density at radius 1 is 1.25 bits per heavy atom. The highest BCUT2D eigenvalue weighted by Crippen LogP contribution is 2.46. The Kier molecular flexibility index (Phi) is 5.49. The van der Waals surface area contributed by atoms with Crippen molar-refractivity contribution in [2.24, 2.45) is 0 Å². The molecule has 1 atom stereocenters. The zero-order chi connectivity index (χ0) is 23.3. The lowest BCUT2D eigenvalue weighted by Crippen LogP contribution is -2.52. The van der Waals surface area contributed by atoms with Crippen LogP contribution in [0.3, 0.4) is 0 Å². The van der Waals surface area contributed by atoms with Crippen LogP contribution < -0.4 is 10.2 Å². The van der Waals surface area contributed by atoms with Gasteiger partial charge in [-0.25, -0.2) is 0 Å². The van der Waals surface area contributed by atoms with E-state index in [2.05, 4.69) is 4.98 Å². The number of ether oxygens (including phenoxy) is 1. The molecule has 0 radical (unpaired) electrons. The number of aromatic nitrogens is 2. The van der Waals surface area contributed by atoms with Crippen molar-refractivity contribution >= 4 is 22.5 Å². The highest BCUT2D eigenvalue weighted by atomic mass is 35.5. The van der Waals surface area contributed by atoms with Gasteiger partial charge in [0.15, 0.2) is 5.60 Å². The third kappa shape index (κ3) is 3.86. The fourth-order valence-corrected chi connectivity index (χ4v) is 4.66. The van der Waals surface area contributed by atoms with E-state index in [9.17, 15) is 23.1 Å². The average Bonchev–Trinajstić information content (AvgIpc) is 3.19. The lowest BCUT2D eigenvalue weighted by atomic mass is 9.74. The summed E-state index contributed by atoms with van der Waals surface area (Å²) in [5.74, 6) is 0.588. The second-order valence-corrected chi connectivity index (χ2v) is 9.22. The number of alkyl halides is 3. The van der Waals surface area contributed by atoms with Crippen molar-refractivity contribution < 1.29 is 23.0 Å². The number of pyridine rings is 2. The van der Waals surface area contributed by atoms with Crippen molar-refractivity contribution in [2.45, 2.75) is 50.4 Å². The molecule has 1 aromatic carbocycles. The fraction of sp³-hybridized carbons (Fsp3) is 0.391. The first-order valence-electron chi connectivity index (χ1n) is 10.1. The SMILES string of the molecule is CC(C)(CC(O)(Cn1cc(Cl)c(=O)c2cnccc21)C(F)(F)F)c1cccc2c1OCC2. The average molecular weight is 467 g/mol. The van der Waals surface area contributed by atoms with Gasteiger partial charge in [0.05, 0.1) is 24.1 Å². The third-order valence-corrected chi connectivity index (χ3v) is 6.24. The summed E-state index contributed by atoms with van der Waals surface area (Å²) < 4.78 is 49.7. The summed E-state index contributed by atoms with van der Waals surface area (Å²) in [4.78, 5) is 16.1. The predicted octanol–water partition coefficient (Wildman–Crippen LogP) is 4.65. The van der Waals surface area contributed by atoms with E-state index >= 15 is 0 Å². The van der Waals surface area contributed by atoms with Crippen molar-refractivity contribution in [3.8, 4) is 5.75 Å². The molecular formula is C23H22ClF3N2O3. The molecule has 0 aliphatic carbocycles. The molecule has 1 aliphatic heterocycles. The summed E-state index contributed by atoms with van der Waals surface area (Å²) in [6.07, 6.45) is -1.13. The number of hydrogen-bond donors (Lipinski definition) is 1. The number of hydrogen-bond acceptors (Lipinski definition) is 4.